The highest BCUT2D eigenvalue weighted by Gasteiger charge is 2.31. The minimum Gasteiger partial charge on any atom is -0.444 e. The predicted molar refractivity (Wildman–Crippen MR) is 103 cm³/mol. The van der Waals surface area contributed by atoms with Crippen LogP contribution >= 0.6 is 0 Å². The van der Waals surface area contributed by atoms with Crippen molar-refractivity contribution in [1.82, 2.24) is 10.6 Å². The Morgan fingerprint density at radius 1 is 0.960 bits per heavy atom. The van der Waals surface area contributed by atoms with Gasteiger partial charge in [0, 0.05) is 6.04 Å². The molecule has 0 radical (unpaired) electrons. The number of ether oxygens (including phenoxy) is 1. The van der Waals surface area contributed by atoms with Gasteiger partial charge in [-0.2, -0.15) is 0 Å². The van der Waals surface area contributed by atoms with Gasteiger partial charge < -0.3 is 15.4 Å². The van der Waals surface area contributed by atoms with Crippen LogP contribution in [0.5, 0.6) is 0 Å². The summed E-state index contributed by atoms with van der Waals surface area (Å²) < 4.78 is 5.32. The molecule has 0 aromatic carbocycles. The molecule has 0 fully saturated rings. The van der Waals surface area contributed by atoms with Gasteiger partial charge in [0.15, 0.2) is 0 Å². The lowest BCUT2D eigenvalue weighted by molar-refractivity contribution is -0.125. The molecule has 0 bridgehead atoms. The zero-order valence-corrected chi connectivity index (χ0v) is 17.9. The average molecular weight is 357 g/mol. The molecule has 5 heteroatoms. The van der Waals surface area contributed by atoms with E-state index >= 15 is 0 Å². The van der Waals surface area contributed by atoms with Crippen molar-refractivity contribution in [1.29, 1.82) is 0 Å². The number of amides is 2. The minimum absolute atomic E-state index is 0.0231. The molecule has 0 spiro atoms. The van der Waals surface area contributed by atoms with Crippen LogP contribution < -0.4 is 10.6 Å². The molecule has 0 aliphatic rings. The normalized spacial score (nSPS) is 16.1. The van der Waals surface area contributed by atoms with Crippen LogP contribution in [0.25, 0.3) is 0 Å². The molecule has 2 N–H and O–H groups in total. The summed E-state index contributed by atoms with van der Waals surface area (Å²) in [5.41, 5.74) is -0.472. The van der Waals surface area contributed by atoms with E-state index in [1.165, 1.54) is 0 Å². The van der Waals surface area contributed by atoms with E-state index in [9.17, 15) is 9.59 Å². The summed E-state index contributed by atoms with van der Waals surface area (Å²) in [5.74, 6) is 0.209. The molecule has 0 saturated carbocycles. The highest BCUT2D eigenvalue weighted by Crippen LogP contribution is 2.24. The molecule has 25 heavy (non-hydrogen) atoms. The van der Waals surface area contributed by atoms with Crippen molar-refractivity contribution >= 4 is 12.0 Å². The first kappa shape index (κ1) is 23.7. The van der Waals surface area contributed by atoms with Gasteiger partial charge >= 0.3 is 6.09 Å². The second-order valence-corrected chi connectivity index (χ2v) is 9.63. The molecule has 148 valence electrons. The van der Waals surface area contributed by atoms with Crippen molar-refractivity contribution in [3.8, 4) is 0 Å². The number of carbonyl (C=O) groups is 2. The Kier molecular flexibility index (Phi) is 8.97. The Labute approximate surface area is 154 Å². The molecule has 0 aromatic heterocycles. The molecule has 1 unspecified atom stereocenters. The average Bonchev–Trinajstić information content (AvgIpc) is 2.39. The van der Waals surface area contributed by atoms with Gasteiger partial charge in [0.25, 0.3) is 0 Å². The molecule has 0 heterocycles. The Morgan fingerprint density at radius 3 is 1.84 bits per heavy atom. The Bertz CT molecular complexity index is 433. The second-order valence-electron chi connectivity index (χ2n) is 9.63. The lowest BCUT2D eigenvalue weighted by Gasteiger charge is -2.32. The molecular weight excluding hydrogens is 316 g/mol. The van der Waals surface area contributed by atoms with Crippen LogP contribution in [0, 0.1) is 17.3 Å². The summed E-state index contributed by atoms with van der Waals surface area (Å²) in [4.78, 5) is 25.0. The van der Waals surface area contributed by atoms with E-state index in [-0.39, 0.29) is 23.3 Å². The van der Waals surface area contributed by atoms with Gasteiger partial charge in [-0.25, -0.2) is 4.79 Å². The molecule has 0 rings (SSSR count). The maximum atomic E-state index is 12.9. The van der Waals surface area contributed by atoms with Crippen LogP contribution in [0.4, 0.5) is 4.79 Å². The molecule has 2 amide bonds. The van der Waals surface area contributed by atoms with Crippen LogP contribution in [0.15, 0.2) is 0 Å². The van der Waals surface area contributed by atoms with Gasteiger partial charge in [-0.15, -0.1) is 0 Å². The standard InChI is InChI=1S/C20H40N2O3/c1-11-14(4)16(22-18(24)25-20(8,9)10)17(23)21-15(13(2)3)12-19(5,6)7/h13-16H,11-12H2,1-10H3,(H,21,23)(H,22,24)/t14?,15-,16+/m1/s1. The van der Waals surface area contributed by atoms with Gasteiger partial charge in [-0.3, -0.25) is 4.79 Å². The number of rotatable bonds is 7. The third-order valence-electron chi connectivity index (χ3n) is 4.13. The summed E-state index contributed by atoms with van der Waals surface area (Å²) in [5, 5.41) is 5.91. The van der Waals surface area contributed by atoms with Crippen molar-refractivity contribution in [3.05, 3.63) is 0 Å². The summed E-state index contributed by atoms with van der Waals surface area (Å²) in [6, 6.07) is -0.527. The number of alkyl carbamates (subject to hydrolysis) is 1. The van der Waals surface area contributed by atoms with Gasteiger partial charge in [0.2, 0.25) is 5.91 Å². The smallest absolute Gasteiger partial charge is 0.408 e. The molecule has 0 aliphatic carbocycles. The van der Waals surface area contributed by atoms with Gasteiger partial charge in [0.1, 0.15) is 11.6 Å². The van der Waals surface area contributed by atoms with Crippen LogP contribution in [0.1, 0.15) is 82.1 Å². The maximum absolute atomic E-state index is 12.9. The van der Waals surface area contributed by atoms with E-state index < -0.39 is 17.7 Å². The maximum Gasteiger partial charge on any atom is 0.408 e. The van der Waals surface area contributed by atoms with E-state index in [1.54, 1.807) is 0 Å². The SMILES string of the molecule is CCC(C)[C@H](NC(=O)OC(C)(C)C)C(=O)N[C@H](CC(C)(C)C)C(C)C. The summed E-state index contributed by atoms with van der Waals surface area (Å²) >= 11 is 0. The van der Waals surface area contributed by atoms with Crippen molar-refractivity contribution in [2.45, 2.75) is 99.8 Å². The molecule has 5 nitrogen and oxygen atoms in total. The quantitative estimate of drug-likeness (QED) is 0.705. The summed E-state index contributed by atoms with van der Waals surface area (Å²) in [6.45, 7) is 20.1. The number of hydrogen-bond acceptors (Lipinski definition) is 3. The van der Waals surface area contributed by atoms with E-state index in [2.05, 4.69) is 45.3 Å². The zero-order chi connectivity index (χ0) is 20.0. The fourth-order valence-corrected chi connectivity index (χ4v) is 2.52. The Morgan fingerprint density at radius 2 is 1.48 bits per heavy atom. The molecule has 0 saturated heterocycles. The number of nitrogens with one attached hydrogen (secondary N) is 2. The first-order valence-corrected chi connectivity index (χ1v) is 9.46. The largest absolute Gasteiger partial charge is 0.444 e. The monoisotopic (exact) mass is 356 g/mol. The zero-order valence-electron chi connectivity index (χ0n) is 17.9. The highest BCUT2D eigenvalue weighted by atomic mass is 16.6. The lowest BCUT2D eigenvalue weighted by atomic mass is 9.83. The third kappa shape index (κ3) is 10.4. The Balaban J connectivity index is 5.13. The minimum atomic E-state index is -0.596. The second kappa shape index (κ2) is 9.44. The Hall–Kier alpha value is -1.26. The van der Waals surface area contributed by atoms with Crippen LogP contribution in [-0.4, -0.2) is 29.7 Å². The third-order valence-corrected chi connectivity index (χ3v) is 4.13. The van der Waals surface area contributed by atoms with E-state index in [1.807, 2.05) is 34.6 Å². The van der Waals surface area contributed by atoms with Crippen molar-refractivity contribution in [2.75, 3.05) is 0 Å². The highest BCUT2D eigenvalue weighted by molar-refractivity contribution is 5.86. The van der Waals surface area contributed by atoms with Crippen molar-refractivity contribution < 1.29 is 14.3 Å². The van der Waals surface area contributed by atoms with Gasteiger partial charge in [-0.05, 0) is 44.4 Å². The summed E-state index contributed by atoms with van der Waals surface area (Å²) in [7, 11) is 0. The van der Waals surface area contributed by atoms with Gasteiger partial charge in [-0.1, -0.05) is 54.9 Å². The van der Waals surface area contributed by atoms with E-state index in [0.29, 0.717) is 5.92 Å². The molecule has 3 atom stereocenters. The lowest BCUT2D eigenvalue weighted by Crippen LogP contribution is -2.54. The van der Waals surface area contributed by atoms with Crippen LogP contribution in [0.3, 0.4) is 0 Å². The topological polar surface area (TPSA) is 67.4 Å². The van der Waals surface area contributed by atoms with Crippen LogP contribution in [0.2, 0.25) is 0 Å². The first-order chi connectivity index (χ1) is 11.2. The predicted octanol–water partition coefficient (Wildman–Crippen LogP) is 4.50. The fourth-order valence-electron chi connectivity index (χ4n) is 2.52. The van der Waals surface area contributed by atoms with E-state index in [4.69, 9.17) is 4.74 Å². The number of hydrogen-bond donors (Lipinski definition) is 2. The first-order valence-electron chi connectivity index (χ1n) is 9.46. The molecule has 0 aromatic rings. The summed E-state index contributed by atoms with van der Waals surface area (Å²) in [6.07, 6.45) is 1.13. The van der Waals surface area contributed by atoms with Crippen molar-refractivity contribution in [3.63, 3.8) is 0 Å². The van der Waals surface area contributed by atoms with Crippen molar-refractivity contribution in [2.24, 2.45) is 17.3 Å². The molecule has 0 aliphatic heterocycles. The van der Waals surface area contributed by atoms with E-state index in [0.717, 1.165) is 12.8 Å². The van der Waals surface area contributed by atoms with Crippen LogP contribution in [-0.2, 0) is 9.53 Å². The van der Waals surface area contributed by atoms with Gasteiger partial charge in [0.05, 0.1) is 0 Å². The molecular formula is C20H40N2O3. The fraction of sp³-hybridized carbons (Fsp3) is 0.900. The number of carbonyl (C=O) groups excluding carboxylic acids is 2.